The fraction of sp³-hybridized carbons (Fsp3) is 0.500. The molecule has 1 fully saturated rings. The molecule has 0 bridgehead atoms. The summed E-state index contributed by atoms with van der Waals surface area (Å²) >= 11 is 6.15. The molecule has 1 aliphatic rings. The zero-order chi connectivity index (χ0) is 35.2. The predicted octanol–water partition coefficient (Wildman–Crippen LogP) is 5.60. The third-order valence-corrected chi connectivity index (χ3v) is 11.1. The molecule has 4 unspecified atom stereocenters. The first-order chi connectivity index (χ1) is 22.5. The highest BCUT2D eigenvalue weighted by Gasteiger charge is 2.32. The molecule has 1 saturated carbocycles. The Labute approximate surface area is 290 Å². The number of anilines is 2. The van der Waals surface area contributed by atoms with E-state index in [0.29, 0.717) is 41.5 Å². The summed E-state index contributed by atoms with van der Waals surface area (Å²) in [7, 11) is -2.28. The van der Waals surface area contributed by atoms with Crippen molar-refractivity contribution in [3.63, 3.8) is 0 Å². The van der Waals surface area contributed by atoms with Crippen molar-refractivity contribution in [2.45, 2.75) is 77.3 Å². The van der Waals surface area contributed by atoms with Crippen LogP contribution in [0.15, 0.2) is 60.7 Å². The van der Waals surface area contributed by atoms with Crippen LogP contribution in [0.4, 0.5) is 11.6 Å². The Kier molecular flexibility index (Phi) is 12.4. The minimum atomic E-state index is -3.71. The van der Waals surface area contributed by atoms with Gasteiger partial charge < -0.3 is 25.8 Å². The molecule has 1 heterocycles. The van der Waals surface area contributed by atoms with E-state index in [1.807, 2.05) is 12.1 Å². The number of carbonyl (C=O) groups excluding carboxylic acids is 1. The number of hydrogen-bond donors (Lipinski definition) is 4. The highest BCUT2D eigenvalue weighted by molar-refractivity contribution is 7.93. The molecule has 2 aromatic carbocycles. The van der Waals surface area contributed by atoms with Gasteiger partial charge in [0.05, 0.1) is 17.4 Å². The lowest BCUT2D eigenvalue weighted by Crippen LogP contribution is -2.50. The number of amides is 1. The van der Waals surface area contributed by atoms with E-state index in [0.717, 1.165) is 16.3 Å². The van der Waals surface area contributed by atoms with E-state index in [-0.39, 0.29) is 29.9 Å². The van der Waals surface area contributed by atoms with E-state index in [2.05, 4.69) is 60.8 Å². The average Bonchev–Trinajstić information content (AvgIpc) is 3.75. The molecule has 1 aliphatic carbocycles. The molecule has 0 aliphatic heterocycles. The highest BCUT2D eigenvalue weighted by atomic mass is 35.5. The van der Waals surface area contributed by atoms with Gasteiger partial charge in [0.15, 0.2) is 0 Å². The second kappa shape index (κ2) is 15.9. The number of ether oxygens (including phenoxy) is 1. The fourth-order valence-corrected chi connectivity index (χ4v) is 6.33. The number of aliphatic hydroxyl groups excluding tert-OH is 1. The van der Waals surface area contributed by atoms with Crippen LogP contribution in [0.5, 0.6) is 5.75 Å². The summed E-state index contributed by atoms with van der Waals surface area (Å²) < 4.78 is 33.1. The average molecular weight is 700 g/mol. The lowest BCUT2D eigenvalue weighted by molar-refractivity contribution is 0.0733. The molecule has 0 radical (unpaired) electrons. The van der Waals surface area contributed by atoms with Crippen LogP contribution in [-0.4, -0.2) is 68.6 Å². The van der Waals surface area contributed by atoms with Gasteiger partial charge in [-0.2, -0.15) is 0 Å². The smallest absolute Gasteiger partial charge is 0.251 e. The molecule has 262 valence electrons. The van der Waals surface area contributed by atoms with Gasteiger partial charge in [-0.15, -0.1) is 0 Å². The fourth-order valence-electron chi connectivity index (χ4n) is 5.16. The van der Waals surface area contributed by atoms with Crippen LogP contribution < -0.4 is 25.0 Å². The lowest BCUT2D eigenvalue weighted by Gasteiger charge is -2.26. The minimum absolute atomic E-state index is 0.00882. The molecular weight excluding hydrogens is 650 g/mol. The van der Waals surface area contributed by atoms with Crippen LogP contribution in [-0.2, 0) is 22.0 Å². The van der Waals surface area contributed by atoms with Crippen LogP contribution >= 0.6 is 11.6 Å². The van der Waals surface area contributed by atoms with Crippen LogP contribution in [0.2, 0.25) is 5.02 Å². The van der Waals surface area contributed by atoms with Crippen molar-refractivity contribution in [2.24, 2.45) is 11.8 Å². The number of halogens is 1. The third kappa shape index (κ3) is 10.3. The number of aliphatic hydroxyl groups is 1. The van der Waals surface area contributed by atoms with Gasteiger partial charge in [-0.05, 0) is 79.0 Å². The van der Waals surface area contributed by atoms with E-state index < -0.39 is 33.3 Å². The van der Waals surface area contributed by atoms with Crippen molar-refractivity contribution in [3.05, 3.63) is 82.4 Å². The van der Waals surface area contributed by atoms with Gasteiger partial charge in [-0.3, -0.25) is 9.10 Å². The Morgan fingerprint density at radius 3 is 2.48 bits per heavy atom. The maximum Gasteiger partial charge on any atom is 0.251 e. The number of rotatable bonds is 16. The number of nitrogens with one attached hydrogen (secondary N) is 3. The van der Waals surface area contributed by atoms with Gasteiger partial charge in [-0.1, -0.05) is 69.6 Å². The Bertz CT molecular complexity index is 1660. The number of nitrogens with zero attached hydrogens (tertiary/aromatic N) is 2. The van der Waals surface area contributed by atoms with Crippen LogP contribution in [0.25, 0.3) is 0 Å². The summed E-state index contributed by atoms with van der Waals surface area (Å²) in [6, 6.07) is 17.4. The summed E-state index contributed by atoms with van der Waals surface area (Å²) in [4.78, 5) is 18.4. The molecule has 12 heteroatoms. The normalized spacial score (nSPS) is 17.5. The van der Waals surface area contributed by atoms with Crippen LogP contribution in [0.1, 0.15) is 69.4 Å². The van der Waals surface area contributed by atoms with Crippen LogP contribution in [0.3, 0.4) is 0 Å². The Morgan fingerprint density at radius 1 is 1.12 bits per heavy atom. The number of sulfonamides is 1. The van der Waals surface area contributed by atoms with Gasteiger partial charge >= 0.3 is 0 Å². The van der Waals surface area contributed by atoms with Gasteiger partial charge in [0.25, 0.3) is 5.91 Å². The van der Waals surface area contributed by atoms with Crippen LogP contribution in [0, 0.1) is 11.8 Å². The molecule has 10 nitrogen and oxygen atoms in total. The van der Waals surface area contributed by atoms with Gasteiger partial charge in [0.1, 0.15) is 24.0 Å². The van der Waals surface area contributed by atoms with Crippen molar-refractivity contribution in [1.29, 1.82) is 0 Å². The summed E-state index contributed by atoms with van der Waals surface area (Å²) in [6.45, 7) is 13.2. The molecule has 4 rings (SSSR count). The summed E-state index contributed by atoms with van der Waals surface area (Å²) in [5.74, 6) is 1.60. The lowest BCUT2D eigenvalue weighted by atomic mass is 9.86. The van der Waals surface area contributed by atoms with E-state index in [1.165, 1.54) is 18.7 Å². The Hall–Kier alpha value is -3.38. The minimum Gasteiger partial charge on any atom is -0.491 e. The Balaban J connectivity index is 1.54. The first kappa shape index (κ1) is 37.4. The molecule has 48 heavy (non-hydrogen) atoms. The zero-order valence-corrected chi connectivity index (χ0v) is 30.5. The predicted molar refractivity (Wildman–Crippen MR) is 194 cm³/mol. The van der Waals surface area contributed by atoms with E-state index in [4.69, 9.17) is 16.3 Å². The SMILES string of the molecule is CC1CC1CNc1cc(C(=O)NC(COc2cccc(Cl)c2)C(O)CNCc2cccc(C(C)(C)C)c2)cc(N(C)S(=O)(=O)C(C)C)n1. The van der Waals surface area contributed by atoms with Crippen molar-refractivity contribution < 1.29 is 23.1 Å². The highest BCUT2D eigenvalue weighted by Crippen LogP contribution is 2.37. The van der Waals surface area contributed by atoms with E-state index in [1.54, 1.807) is 44.2 Å². The van der Waals surface area contributed by atoms with Crippen molar-refractivity contribution in [1.82, 2.24) is 15.6 Å². The second-order valence-electron chi connectivity index (χ2n) is 14.0. The molecular formula is C36H50ClN5O5S. The molecule has 4 N–H and O–H groups in total. The maximum absolute atomic E-state index is 13.8. The van der Waals surface area contributed by atoms with Crippen molar-refractivity contribution in [2.75, 3.05) is 36.4 Å². The summed E-state index contributed by atoms with van der Waals surface area (Å²) in [5.41, 5.74) is 2.50. The van der Waals surface area contributed by atoms with Gasteiger partial charge in [0.2, 0.25) is 10.0 Å². The van der Waals surface area contributed by atoms with Crippen molar-refractivity contribution in [3.8, 4) is 5.75 Å². The molecule has 0 saturated heterocycles. The quantitative estimate of drug-likeness (QED) is 0.152. The molecule has 3 aromatic rings. The summed E-state index contributed by atoms with van der Waals surface area (Å²) in [5, 5.41) is 20.7. The maximum atomic E-state index is 13.8. The number of hydrogen-bond acceptors (Lipinski definition) is 8. The van der Waals surface area contributed by atoms with Crippen molar-refractivity contribution >= 4 is 39.2 Å². The standard InChI is InChI=1S/C36H50ClN5O5S/c1-23(2)48(45,46)42(7)34-17-26(16-33(41-34)39-20-27-14-24(27)3)35(44)40-31(22-47-30-13-9-12-29(37)18-30)32(43)21-38-19-25-10-8-11-28(15-25)36(4,5)6/h8-13,15-18,23-24,27,31-32,38,43H,14,19-22H2,1-7H3,(H,39,41)(H,40,44). The van der Waals surface area contributed by atoms with Gasteiger partial charge in [0, 0.05) is 37.3 Å². The van der Waals surface area contributed by atoms with E-state index in [9.17, 15) is 18.3 Å². The molecule has 0 spiro atoms. The zero-order valence-electron chi connectivity index (χ0n) is 29.0. The number of pyridine rings is 1. The first-order valence-corrected chi connectivity index (χ1v) is 18.3. The number of benzene rings is 2. The number of carbonyl (C=O) groups is 1. The molecule has 1 aromatic heterocycles. The monoisotopic (exact) mass is 699 g/mol. The topological polar surface area (TPSA) is 133 Å². The third-order valence-electron chi connectivity index (χ3n) is 8.68. The molecule has 4 atom stereocenters. The summed E-state index contributed by atoms with van der Waals surface area (Å²) in [6.07, 6.45) is 0.0717. The molecule has 1 amide bonds. The van der Waals surface area contributed by atoms with E-state index >= 15 is 0 Å². The van der Waals surface area contributed by atoms with Gasteiger partial charge in [-0.25, -0.2) is 13.4 Å². The Morgan fingerprint density at radius 2 is 1.83 bits per heavy atom. The first-order valence-electron chi connectivity index (χ1n) is 16.5. The second-order valence-corrected chi connectivity index (χ2v) is 17.0. The number of aromatic nitrogens is 1. The largest absolute Gasteiger partial charge is 0.491 e.